The third-order valence-electron chi connectivity index (χ3n) is 2.47. The fourth-order valence-electron chi connectivity index (χ4n) is 1.55. The van der Waals surface area contributed by atoms with Gasteiger partial charge in [-0.3, -0.25) is 0 Å². The summed E-state index contributed by atoms with van der Waals surface area (Å²) in [7, 11) is 0. The van der Waals surface area contributed by atoms with Crippen molar-refractivity contribution in [2.75, 3.05) is 13.1 Å². The second kappa shape index (κ2) is 3.26. The van der Waals surface area contributed by atoms with Gasteiger partial charge in [0.05, 0.1) is 0 Å². The SMILES string of the molecule is Oc1cccc(CC2CNC2)c1O. The van der Waals surface area contributed by atoms with E-state index in [0.717, 1.165) is 25.1 Å². The zero-order valence-electron chi connectivity index (χ0n) is 7.33. The predicted octanol–water partition coefficient (Wildman–Crippen LogP) is 0.860. The van der Waals surface area contributed by atoms with Crippen molar-refractivity contribution >= 4 is 0 Å². The predicted molar refractivity (Wildman–Crippen MR) is 49.8 cm³/mol. The molecule has 1 aromatic rings. The van der Waals surface area contributed by atoms with E-state index in [1.807, 2.05) is 6.07 Å². The van der Waals surface area contributed by atoms with Crippen LogP contribution in [0.2, 0.25) is 0 Å². The van der Waals surface area contributed by atoms with Crippen molar-refractivity contribution in [3.63, 3.8) is 0 Å². The Balaban J connectivity index is 2.14. The van der Waals surface area contributed by atoms with Gasteiger partial charge in [-0.15, -0.1) is 0 Å². The van der Waals surface area contributed by atoms with E-state index in [1.165, 1.54) is 6.07 Å². The van der Waals surface area contributed by atoms with Gasteiger partial charge in [0.15, 0.2) is 11.5 Å². The fourth-order valence-corrected chi connectivity index (χ4v) is 1.55. The van der Waals surface area contributed by atoms with E-state index in [1.54, 1.807) is 6.07 Å². The molecular weight excluding hydrogens is 166 g/mol. The maximum atomic E-state index is 9.50. The van der Waals surface area contributed by atoms with Crippen LogP contribution in [-0.2, 0) is 6.42 Å². The van der Waals surface area contributed by atoms with E-state index < -0.39 is 0 Å². The highest BCUT2D eigenvalue weighted by Crippen LogP contribution is 2.30. The average Bonchev–Trinajstić information content (AvgIpc) is 2.04. The normalized spacial score (nSPS) is 16.9. The molecule has 1 heterocycles. The molecule has 0 aliphatic carbocycles. The van der Waals surface area contributed by atoms with Crippen molar-refractivity contribution in [2.24, 2.45) is 5.92 Å². The second-order valence-corrected chi connectivity index (χ2v) is 3.51. The van der Waals surface area contributed by atoms with E-state index in [-0.39, 0.29) is 11.5 Å². The molecule has 1 aliphatic rings. The molecule has 2 rings (SSSR count). The Morgan fingerprint density at radius 1 is 1.31 bits per heavy atom. The van der Waals surface area contributed by atoms with E-state index in [4.69, 9.17) is 0 Å². The second-order valence-electron chi connectivity index (χ2n) is 3.51. The highest BCUT2D eigenvalue weighted by Gasteiger charge is 2.19. The zero-order chi connectivity index (χ0) is 9.26. The lowest BCUT2D eigenvalue weighted by Crippen LogP contribution is -2.43. The van der Waals surface area contributed by atoms with Crippen LogP contribution in [-0.4, -0.2) is 23.3 Å². The van der Waals surface area contributed by atoms with Crippen LogP contribution in [0, 0.1) is 5.92 Å². The minimum atomic E-state index is -0.0233. The van der Waals surface area contributed by atoms with Gasteiger partial charge >= 0.3 is 0 Å². The molecule has 3 nitrogen and oxygen atoms in total. The number of benzene rings is 1. The number of aromatic hydroxyl groups is 2. The smallest absolute Gasteiger partial charge is 0.160 e. The quantitative estimate of drug-likeness (QED) is 0.590. The molecule has 0 bridgehead atoms. The fraction of sp³-hybridized carbons (Fsp3) is 0.400. The van der Waals surface area contributed by atoms with Gasteiger partial charge in [-0.1, -0.05) is 12.1 Å². The Kier molecular flexibility index (Phi) is 2.10. The first-order valence-corrected chi connectivity index (χ1v) is 4.48. The maximum Gasteiger partial charge on any atom is 0.160 e. The van der Waals surface area contributed by atoms with E-state index >= 15 is 0 Å². The summed E-state index contributed by atoms with van der Waals surface area (Å²) in [6.07, 6.45) is 0.841. The van der Waals surface area contributed by atoms with Crippen molar-refractivity contribution in [1.82, 2.24) is 5.32 Å². The Labute approximate surface area is 77.0 Å². The Morgan fingerprint density at radius 3 is 2.69 bits per heavy atom. The van der Waals surface area contributed by atoms with E-state index in [2.05, 4.69) is 5.32 Å². The average molecular weight is 179 g/mol. The summed E-state index contributed by atoms with van der Waals surface area (Å²) in [6.45, 7) is 2.02. The standard InChI is InChI=1S/C10H13NO2/c12-9-3-1-2-8(10(9)13)4-7-5-11-6-7/h1-3,7,11-13H,4-6H2. The van der Waals surface area contributed by atoms with Gasteiger partial charge in [0, 0.05) is 0 Å². The first kappa shape index (κ1) is 8.38. The molecule has 0 atom stereocenters. The van der Waals surface area contributed by atoms with Gasteiger partial charge in [0.2, 0.25) is 0 Å². The summed E-state index contributed by atoms with van der Waals surface area (Å²) in [5, 5.41) is 21.9. The number of hydrogen-bond donors (Lipinski definition) is 3. The summed E-state index contributed by atoms with van der Waals surface area (Å²) >= 11 is 0. The molecule has 1 fully saturated rings. The van der Waals surface area contributed by atoms with Crippen molar-refractivity contribution in [1.29, 1.82) is 0 Å². The van der Waals surface area contributed by atoms with Crippen LogP contribution in [0.1, 0.15) is 5.56 Å². The number of nitrogens with one attached hydrogen (secondary N) is 1. The van der Waals surface area contributed by atoms with Gasteiger partial charge in [0.1, 0.15) is 0 Å². The molecule has 1 aromatic carbocycles. The van der Waals surface area contributed by atoms with Gasteiger partial charge in [-0.25, -0.2) is 0 Å². The highest BCUT2D eigenvalue weighted by molar-refractivity contribution is 5.44. The molecule has 1 saturated heterocycles. The number of para-hydroxylation sites is 1. The van der Waals surface area contributed by atoms with Crippen LogP contribution in [0.4, 0.5) is 0 Å². The lowest BCUT2D eigenvalue weighted by Gasteiger charge is -2.27. The van der Waals surface area contributed by atoms with Crippen LogP contribution in [0.5, 0.6) is 11.5 Å². The third-order valence-corrected chi connectivity index (χ3v) is 2.47. The molecular formula is C10H13NO2. The van der Waals surface area contributed by atoms with Crippen molar-refractivity contribution in [2.45, 2.75) is 6.42 Å². The summed E-state index contributed by atoms with van der Waals surface area (Å²) in [4.78, 5) is 0. The molecule has 3 N–H and O–H groups in total. The van der Waals surface area contributed by atoms with Gasteiger partial charge in [0.25, 0.3) is 0 Å². The molecule has 0 unspecified atom stereocenters. The summed E-state index contributed by atoms with van der Waals surface area (Å²) in [5.74, 6) is 0.617. The highest BCUT2D eigenvalue weighted by atomic mass is 16.3. The van der Waals surface area contributed by atoms with Crippen molar-refractivity contribution < 1.29 is 10.2 Å². The number of phenols is 2. The Morgan fingerprint density at radius 2 is 2.08 bits per heavy atom. The van der Waals surface area contributed by atoms with Gasteiger partial charge in [-0.2, -0.15) is 0 Å². The monoisotopic (exact) mass is 179 g/mol. The van der Waals surface area contributed by atoms with Crippen molar-refractivity contribution in [3.05, 3.63) is 23.8 Å². The molecule has 13 heavy (non-hydrogen) atoms. The number of rotatable bonds is 2. The molecule has 0 spiro atoms. The lowest BCUT2D eigenvalue weighted by atomic mass is 9.94. The van der Waals surface area contributed by atoms with Gasteiger partial charge < -0.3 is 15.5 Å². The summed E-state index contributed by atoms with van der Waals surface area (Å²) in [5.41, 5.74) is 0.839. The summed E-state index contributed by atoms with van der Waals surface area (Å²) < 4.78 is 0. The van der Waals surface area contributed by atoms with E-state index in [0.29, 0.717) is 5.92 Å². The largest absolute Gasteiger partial charge is 0.504 e. The molecule has 0 radical (unpaired) electrons. The first-order chi connectivity index (χ1) is 6.27. The van der Waals surface area contributed by atoms with Crippen molar-refractivity contribution in [3.8, 4) is 11.5 Å². The van der Waals surface area contributed by atoms with Crippen LogP contribution in [0.15, 0.2) is 18.2 Å². The molecule has 0 amide bonds. The minimum Gasteiger partial charge on any atom is -0.504 e. The number of hydrogen-bond acceptors (Lipinski definition) is 3. The lowest BCUT2D eigenvalue weighted by molar-refractivity contribution is 0.337. The summed E-state index contributed by atoms with van der Waals surface area (Å²) in [6, 6.07) is 5.11. The molecule has 70 valence electrons. The Hall–Kier alpha value is -1.22. The first-order valence-electron chi connectivity index (χ1n) is 4.48. The van der Waals surface area contributed by atoms with Crippen LogP contribution in [0.25, 0.3) is 0 Å². The third kappa shape index (κ3) is 1.60. The molecule has 0 saturated carbocycles. The van der Waals surface area contributed by atoms with Gasteiger partial charge in [-0.05, 0) is 37.1 Å². The Bertz CT molecular complexity index is 308. The molecule has 1 aliphatic heterocycles. The van der Waals surface area contributed by atoms with E-state index in [9.17, 15) is 10.2 Å². The molecule has 0 aromatic heterocycles. The zero-order valence-corrected chi connectivity index (χ0v) is 7.33. The van der Waals surface area contributed by atoms with Crippen LogP contribution in [0.3, 0.4) is 0 Å². The maximum absolute atomic E-state index is 9.50. The minimum absolute atomic E-state index is 0.0233. The number of phenolic OH excluding ortho intramolecular Hbond substituents is 2. The van der Waals surface area contributed by atoms with Crippen LogP contribution < -0.4 is 5.32 Å². The molecule has 3 heteroatoms. The topological polar surface area (TPSA) is 52.5 Å². The van der Waals surface area contributed by atoms with Crippen LogP contribution >= 0.6 is 0 Å².